The Bertz CT molecular complexity index is 593. The van der Waals surface area contributed by atoms with Gasteiger partial charge in [-0.05, 0) is 18.9 Å². The maximum absolute atomic E-state index is 12.4. The lowest BCUT2D eigenvalue weighted by molar-refractivity contribution is -0.385. The van der Waals surface area contributed by atoms with Crippen molar-refractivity contribution in [2.75, 3.05) is 19.9 Å². The van der Waals surface area contributed by atoms with Gasteiger partial charge in [-0.15, -0.1) is 0 Å². The Kier molecular flexibility index (Phi) is 3.83. The van der Waals surface area contributed by atoms with Crippen LogP contribution in [0, 0.1) is 17.0 Å². The summed E-state index contributed by atoms with van der Waals surface area (Å²) < 4.78 is 31.1. The van der Waals surface area contributed by atoms with Crippen LogP contribution in [0.1, 0.15) is 12.0 Å². The molecule has 0 saturated carbocycles. The molecule has 0 spiro atoms. The van der Waals surface area contributed by atoms with Gasteiger partial charge in [-0.25, -0.2) is 8.42 Å². The Morgan fingerprint density at radius 1 is 1.42 bits per heavy atom. The quantitative estimate of drug-likeness (QED) is 0.616. The number of hydrogen-bond acceptors (Lipinski definition) is 5. The molecule has 0 N–H and O–H groups in total. The third-order valence-corrected chi connectivity index (χ3v) is 4.90. The normalized spacial score (nSPS) is 17.3. The Morgan fingerprint density at radius 3 is 2.74 bits per heavy atom. The van der Waals surface area contributed by atoms with E-state index in [2.05, 4.69) is 0 Å². The second-order valence-electron chi connectivity index (χ2n) is 4.28. The molecule has 0 unspecified atom stereocenters. The minimum atomic E-state index is -3.74. The maximum Gasteiger partial charge on any atom is 0.270 e. The Hall–Kier alpha value is -1.51. The van der Waals surface area contributed by atoms with Gasteiger partial charge in [-0.2, -0.15) is 4.31 Å². The smallest absolute Gasteiger partial charge is 0.270 e. The highest BCUT2D eigenvalue weighted by Crippen LogP contribution is 2.25. The first-order chi connectivity index (χ1) is 8.93. The molecule has 1 aliphatic heterocycles. The zero-order valence-corrected chi connectivity index (χ0v) is 11.2. The molecular weight excluding hydrogens is 272 g/mol. The Labute approximate surface area is 111 Å². The van der Waals surface area contributed by atoms with E-state index in [1.54, 1.807) is 6.92 Å². The van der Waals surface area contributed by atoms with Crippen LogP contribution in [0.4, 0.5) is 5.69 Å². The van der Waals surface area contributed by atoms with E-state index in [4.69, 9.17) is 4.74 Å². The fraction of sp³-hybridized carbons (Fsp3) is 0.455. The molecule has 1 saturated heterocycles. The van der Waals surface area contributed by atoms with Gasteiger partial charge in [-0.3, -0.25) is 10.1 Å². The second-order valence-corrected chi connectivity index (χ2v) is 6.18. The molecule has 104 valence electrons. The number of ether oxygens (including phenoxy) is 1. The number of nitrogens with zero attached hydrogens (tertiary/aromatic N) is 2. The van der Waals surface area contributed by atoms with Gasteiger partial charge < -0.3 is 4.74 Å². The highest BCUT2D eigenvalue weighted by Gasteiger charge is 2.29. The molecule has 1 fully saturated rings. The molecule has 1 aromatic carbocycles. The number of rotatable bonds is 3. The predicted octanol–water partition coefficient (Wildman–Crippen LogP) is 1.27. The SMILES string of the molecule is Cc1ccc([N+](=O)[O-])cc1S(=O)(=O)N1CCCOC1. The molecule has 1 aromatic rings. The molecular formula is C11H14N2O5S. The molecule has 1 heterocycles. The number of non-ortho nitro benzene ring substituents is 1. The van der Waals surface area contributed by atoms with E-state index in [-0.39, 0.29) is 17.3 Å². The average Bonchev–Trinajstić information content (AvgIpc) is 2.39. The number of benzene rings is 1. The lowest BCUT2D eigenvalue weighted by atomic mass is 10.2. The fourth-order valence-electron chi connectivity index (χ4n) is 1.88. The van der Waals surface area contributed by atoms with Crippen LogP contribution in [0.15, 0.2) is 23.1 Å². The third kappa shape index (κ3) is 2.75. The average molecular weight is 286 g/mol. The van der Waals surface area contributed by atoms with Crippen molar-refractivity contribution in [2.24, 2.45) is 0 Å². The van der Waals surface area contributed by atoms with E-state index in [0.717, 1.165) is 6.07 Å². The van der Waals surface area contributed by atoms with Crippen molar-refractivity contribution in [1.29, 1.82) is 0 Å². The summed E-state index contributed by atoms with van der Waals surface area (Å²) in [6.45, 7) is 2.50. The fourth-order valence-corrected chi connectivity index (χ4v) is 3.49. The van der Waals surface area contributed by atoms with E-state index < -0.39 is 14.9 Å². The highest BCUT2D eigenvalue weighted by molar-refractivity contribution is 7.89. The molecule has 7 nitrogen and oxygen atoms in total. The molecule has 19 heavy (non-hydrogen) atoms. The summed E-state index contributed by atoms with van der Waals surface area (Å²) in [5.74, 6) is 0. The third-order valence-electron chi connectivity index (χ3n) is 2.93. The van der Waals surface area contributed by atoms with Gasteiger partial charge in [0.1, 0.15) is 6.73 Å². The molecule has 0 aliphatic carbocycles. The zero-order valence-electron chi connectivity index (χ0n) is 10.4. The first-order valence-corrected chi connectivity index (χ1v) is 7.20. The number of hydrogen-bond donors (Lipinski definition) is 0. The van der Waals surface area contributed by atoms with Crippen LogP contribution in [0.25, 0.3) is 0 Å². The van der Waals surface area contributed by atoms with Crippen molar-refractivity contribution in [3.8, 4) is 0 Å². The van der Waals surface area contributed by atoms with Crippen molar-refractivity contribution in [1.82, 2.24) is 4.31 Å². The lowest BCUT2D eigenvalue weighted by Crippen LogP contribution is -2.38. The minimum Gasteiger partial charge on any atom is -0.365 e. The van der Waals surface area contributed by atoms with E-state index in [1.165, 1.54) is 16.4 Å². The number of nitro benzene ring substituents is 1. The number of nitro groups is 1. The van der Waals surface area contributed by atoms with Gasteiger partial charge in [0, 0.05) is 25.3 Å². The van der Waals surface area contributed by atoms with Gasteiger partial charge in [-0.1, -0.05) is 6.07 Å². The van der Waals surface area contributed by atoms with E-state index in [0.29, 0.717) is 25.1 Å². The molecule has 2 rings (SSSR count). The lowest BCUT2D eigenvalue weighted by Gasteiger charge is -2.26. The van der Waals surface area contributed by atoms with E-state index >= 15 is 0 Å². The minimum absolute atomic E-state index is 0.00946. The van der Waals surface area contributed by atoms with E-state index in [9.17, 15) is 18.5 Å². The van der Waals surface area contributed by atoms with Crippen molar-refractivity contribution in [3.05, 3.63) is 33.9 Å². The molecule has 1 aliphatic rings. The zero-order chi connectivity index (χ0) is 14.0. The molecule has 0 amide bonds. The molecule has 0 aromatic heterocycles. The predicted molar refractivity (Wildman–Crippen MR) is 67.2 cm³/mol. The number of sulfonamides is 1. The monoisotopic (exact) mass is 286 g/mol. The first-order valence-electron chi connectivity index (χ1n) is 5.76. The van der Waals surface area contributed by atoms with Gasteiger partial charge in [0.25, 0.3) is 5.69 Å². The summed E-state index contributed by atoms with van der Waals surface area (Å²) in [5, 5.41) is 10.7. The van der Waals surface area contributed by atoms with Crippen LogP contribution in [-0.4, -0.2) is 37.5 Å². The van der Waals surface area contributed by atoms with Gasteiger partial charge in [0.15, 0.2) is 0 Å². The van der Waals surface area contributed by atoms with Crippen molar-refractivity contribution in [2.45, 2.75) is 18.2 Å². The van der Waals surface area contributed by atoms with Crippen molar-refractivity contribution < 1.29 is 18.1 Å². The van der Waals surface area contributed by atoms with Crippen LogP contribution in [-0.2, 0) is 14.8 Å². The van der Waals surface area contributed by atoms with Crippen LogP contribution in [0.2, 0.25) is 0 Å². The summed E-state index contributed by atoms with van der Waals surface area (Å²) in [6, 6.07) is 3.83. The topological polar surface area (TPSA) is 89.8 Å². The molecule has 0 radical (unpaired) electrons. The Morgan fingerprint density at radius 2 is 2.16 bits per heavy atom. The van der Waals surface area contributed by atoms with Crippen molar-refractivity contribution >= 4 is 15.7 Å². The van der Waals surface area contributed by atoms with Crippen LogP contribution >= 0.6 is 0 Å². The summed E-state index contributed by atoms with van der Waals surface area (Å²) >= 11 is 0. The van der Waals surface area contributed by atoms with Crippen LogP contribution < -0.4 is 0 Å². The van der Waals surface area contributed by atoms with E-state index in [1.807, 2.05) is 0 Å². The Balaban J connectivity index is 2.44. The largest absolute Gasteiger partial charge is 0.365 e. The standard InChI is InChI=1S/C11H14N2O5S/c1-9-3-4-10(13(14)15)7-11(9)19(16,17)12-5-2-6-18-8-12/h3-4,7H,2,5-6,8H2,1H3. The van der Waals surface area contributed by atoms with Gasteiger partial charge in [0.2, 0.25) is 10.0 Å². The summed E-state index contributed by atoms with van der Waals surface area (Å²) in [5.41, 5.74) is 0.248. The summed E-state index contributed by atoms with van der Waals surface area (Å²) in [4.78, 5) is 10.1. The van der Waals surface area contributed by atoms with Crippen molar-refractivity contribution in [3.63, 3.8) is 0 Å². The van der Waals surface area contributed by atoms with Gasteiger partial charge >= 0.3 is 0 Å². The van der Waals surface area contributed by atoms with Gasteiger partial charge in [0.05, 0.1) is 9.82 Å². The van der Waals surface area contributed by atoms with Crippen LogP contribution in [0.3, 0.4) is 0 Å². The maximum atomic E-state index is 12.4. The molecule has 0 bridgehead atoms. The highest BCUT2D eigenvalue weighted by atomic mass is 32.2. The molecule has 0 atom stereocenters. The number of aryl methyl sites for hydroxylation is 1. The first kappa shape index (κ1) is 13.9. The van der Waals surface area contributed by atoms with Crippen LogP contribution in [0.5, 0.6) is 0 Å². The summed E-state index contributed by atoms with van der Waals surface area (Å²) in [6.07, 6.45) is 0.618. The second kappa shape index (κ2) is 5.24. The summed E-state index contributed by atoms with van der Waals surface area (Å²) in [7, 11) is -3.74. The molecule has 8 heteroatoms.